The SMILES string of the molecule is Cc1cc(-c2ccccc2)cc(-c2cc(-c3cccc(-c4ccc(N5c6ccccc6C(C)(C)c6ccccc65)cc4)c3)nc(-c3cc(-c4ccccc4)cc(C(F)(F)F)c3)n2)c1. The van der Waals surface area contributed by atoms with E-state index in [4.69, 9.17) is 9.97 Å². The zero-order chi connectivity index (χ0) is 43.3. The Kier molecular flexibility index (Phi) is 9.87. The molecule has 0 bridgehead atoms. The molecule has 0 radical (unpaired) electrons. The second-order valence-corrected chi connectivity index (χ2v) is 16.7. The Bertz CT molecular complexity index is 3090. The van der Waals surface area contributed by atoms with Crippen LogP contribution in [0, 0.1) is 6.92 Å². The molecule has 0 saturated carbocycles. The number of benzene rings is 8. The van der Waals surface area contributed by atoms with Crippen molar-refractivity contribution in [2.24, 2.45) is 0 Å². The molecule has 1 aromatic heterocycles. The third-order valence-corrected chi connectivity index (χ3v) is 12.1. The smallest absolute Gasteiger partial charge is 0.310 e. The van der Waals surface area contributed by atoms with Gasteiger partial charge in [0.1, 0.15) is 0 Å². The Labute approximate surface area is 365 Å². The maximum absolute atomic E-state index is 14.6. The van der Waals surface area contributed by atoms with Crippen LogP contribution >= 0.6 is 0 Å². The standard InChI is InChI=1S/C57H42F3N3/c1-37-29-43(38-15-6-4-7-16-38)32-45(30-37)52-36-51(61-55(62-52)46-33-44(39-17-8-5-9-18-39)34-47(35-46)57(58,59)60)42-20-14-19-41(31-42)40-25-27-48(28-26-40)63-53-23-12-10-21-49(53)56(2,3)50-22-11-13-24-54(50)63/h4-36H,1-3H3. The molecule has 0 aliphatic carbocycles. The summed E-state index contributed by atoms with van der Waals surface area (Å²) in [6.45, 7) is 6.61. The Balaban J connectivity index is 1.09. The van der Waals surface area contributed by atoms with Gasteiger partial charge in [-0.05, 0) is 124 Å². The number of halogens is 3. The molecule has 0 amide bonds. The lowest BCUT2D eigenvalue weighted by Gasteiger charge is -2.42. The van der Waals surface area contributed by atoms with E-state index in [9.17, 15) is 13.2 Å². The average molecular weight is 826 g/mol. The van der Waals surface area contributed by atoms with Gasteiger partial charge in [0.2, 0.25) is 0 Å². The van der Waals surface area contributed by atoms with Crippen LogP contribution in [0.15, 0.2) is 200 Å². The minimum Gasteiger partial charge on any atom is -0.310 e. The molecule has 1 aliphatic heterocycles. The first-order valence-electron chi connectivity index (χ1n) is 21.0. The van der Waals surface area contributed by atoms with E-state index in [-0.39, 0.29) is 16.8 Å². The molecular weight excluding hydrogens is 784 g/mol. The second-order valence-electron chi connectivity index (χ2n) is 16.7. The number of aromatic nitrogens is 2. The van der Waals surface area contributed by atoms with Crippen LogP contribution in [0.4, 0.5) is 30.2 Å². The van der Waals surface area contributed by atoms with Crippen molar-refractivity contribution >= 4 is 17.1 Å². The van der Waals surface area contributed by atoms with Gasteiger partial charge in [-0.1, -0.05) is 147 Å². The fourth-order valence-electron chi connectivity index (χ4n) is 8.93. The van der Waals surface area contributed by atoms with Gasteiger partial charge in [0.25, 0.3) is 0 Å². The number of hydrogen-bond acceptors (Lipinski definition) is 3. The van der Waals surface area contributed by atoms with Crippen LogP contribution in [-0.4, -0.2) is 9.97 Å². The average Bonchev–Trinajstić information content (AvgIpc) is 3.32. The van der Waals surface area contributed by atoms with E-state index in [1.807, 2.05) is 73.7 Å². The summed E-state index contributed by atoms with van der Waals surface area (Å²) in [7, 11) is 0. The van der Waals surface area contributed by atoms with E-state index < -0.39 is 11.7 Å². The zero-order valence-corrected chi connectivity index (χ0v) is 35.0. The van der Waals surface area contributed by atoms with Crippen molar-refractivity contribution in [2.45, 2.75) is 32.4 Å². The summed E-state index contributed by atoms with van der Waals surface area (Å²) in [5.74, 6) is 0.202. The van der Waals surface area contributed by atoms with Crippen LogP contribution in [0.25, 0.3) is 67.3 Å². The summed E-state index contributed by atoms with van der Waals surface area (Å²) in [4.78, 5) is 12.4. The minimum absolute atomic E-state index is 0.153. The first-order chi connectivity index (χ1) is 30.5. The maximum Gasteiger partial charge on any atom is 0.416 e. The molecule has 6 heteroatoms. The lowest BCUT2D eigenvalue weighted by Crippen LogP contribution is -2.30. The Morgan fingerprint density at radius 3 is 1.49 bits per heavy atom. The Hall–Kier alpha value is -7.57. The van der Waals surface area contributed by atoms with Crippen molar-refractivity contribution in [3.63, 3.8) is 0 Å². The molecular formula is C57H42F3N3. The normalized spacial score (nSPS) is 13.0. The molecule has 9 aromatic rings. The van der Waals surface area contributed by atoms with Crippen LogP contribution in [0.5, 0.6) is 0 Å². The van der Waals surface area contributed by atoms with Gasteiger partial charge < -0.3 is 4.90 Å². The molecule has 1 aliphatic rings. The number of anilines is 3. The summed E-state index contributed by atoms with van der Waals surface area (Å²) in [6, 6.07) is 65.5. The highest BCUT2D eigenvalue weighted by molar-refractivity contribution is 5.87. The number of hydrogen-bond donors (Lipinski definition) is 0. The number of aryl methyl sites for hydroxylation is 1. The number of nitrogens with zero attached hydrogens (tertiary/aromatic N) is 3. The molecule has 0 fully saturated rings. The van der Waals surface area contributed by atoms with Gasteiger partial charge in [-0.25, -0.2) is 9.97 Å². The second kappa shape index (κ2) is 15.7. The van der Waals surface area contributed by atoms with E-state index in [2.05, 4.69) is 134 Å². The highest BCUT2D eigenvalue weighted by Gasteiger charge is 2.36. The van der Waals surface area contributed by atoms with Crippen molar-refractivity contribution in [1.29, 1.82) is 0 Å². The quantitative estimate of drug-likeness (QED) is 0.160. The Morgan fingerprint density at radius 2 is 0.873 bits per heavy atom. The summed E-state index contributed by atoms with van der Waals surface area (Å²) >= 11 is 0. The van der Waals surface area contributed by atoms with Gasteiger partial charge in [-0.3, -0.25) is 0 Å². The van der Waals surface area contributed by atoms with E-state index in [1.165, 1.54) is 17.2 Å². The predicted octanol–water partition coefficient (Wildman–Crippen LogP) is 15.9. The summed E-state index contributed by atoms with van der Waals surface area (Å²) < 4.78 is 43.7. The van der Waals surface area contributed by atoms with Crippen molar-refractivity contribution in [1.82, 2.24) is 9.97 Å². The number of fused-ring (bicyclic) bond motifs is 2. The molecule has 0 spiro atoms. The van der Waals surface area contributed by atoms with Gasteiger partial charge in [0, 0.05) is 27.8 Å². The van der Waals surface area contributed by atoms with Crippen molar-refractivity contribution < 1.29 is 13.2 Å². The Morgan fingerprint density at radius 1 is 0.413 bits per heavy atom. The van der Waals surface area contributed by atoms with Crippen LogP contribution in [0.1, 0.15) is 36.1 Å². The molecule has 2 heterocycles. The third-order valence-electron chi connectivity index (χ3n) is 12.1. The molecule has 3 nitrogen and oxygen atoms in total. The third kappa shape index (κ3) is 7.59. The monoisotopic (exact) mass is 825 g/mol. The van der Waals surface area contributed by atoms with Gasteiger partial charge in [0.05, 0.1) is 28.3 Å². The topological polar surface area (TPSA) is 29.0 Å². The zero-order valence-electron chi connectivity index (χ0n) is 35.0. The van der Waals surface area contributed by atoms with E-state index >= 15 is 0 Å². The lowest BCUT2D eigenvalue weighted by atomic mass is 9.73. The fourth-order valence-corrected chi connectivity index (χ4v) is 8.93. The van der Waals surface area contributed by atoms with Gasteiger partial charge >= 0.3 is 6.18 Å². The lowest BCUT2D eigenvalue weighted by molar-refractivity contribution is -0.137. The molecule has 0 N–H and O–H groups in total. The van der Waals surface area contributed by atoms with E-state index in [0.717, 1.165) is 62.1 Å². The molecule has 8 aromatic carbocycles. The summed E-state index contributed by atoms with van der Waals surface area (Å²) in [5, 5.41) is 0. The van der Waals surface area contributed by atoms with Gasteiger partial charge in [-0.15, -0.1) is 0 Å². The highest BCUT2D eigenvalue weighted by Crippen LogP contribution is 2.51. The first kappa shape index (κ1) is 39.6. The number of para-hydroxylation sites is 2. The van der Waals surface area contributed by atoms with Crippen LogP contribution in [0.2, 0.25) is 0 Å². The number of alkyl halides is 3. The molecule has 63 heavy (non-hydrogen) atoms. The highest BCUT2D eigenvalue weighted by atomic mass is 19.4. The fraction of sp³-hybridized carbons (Fsp3) is 0.0877. The van der Waals surface area contributed by atoms with E-state index in [1.54, 1.807) is 6.07 Å². The molecule has 0 unspecified atom stereocenters. The molecule has 0 atom stereocenters. The van der Waals surface area contributed by atoms with Gasteiger partial charge in [0.15, 0.2) is 5.82 Å². The molecule has 0 saturated heterocycles. The summed E-state index contributed by atoms with van der Waals surface area (Å²) in [6.07, 6.45) is -4.58. The van der Waals surface area contributed by atoms with E-state index in [0.29, 0.717) is 22.5 Å². The van der Waals surface area contributed by atoms with Gasteiger partial charge in [-0.2, -0.15) is 13.2 Å². The van der Waals surface area contributed by atoms with Crippen molar-refractivity contribution in [2.75, 3.05) is 4.90 Å². The van der Waals surface area contributed by atoms with Crippen LogP contribution < -0.4 is 4.90 Å². The van der Waals surface area contributed by atoms with Crippen LogP contribution in [-0.2, 0) is 11.6 Å². The predicted molar refractivity (Wildman–Crippen MR) is 251 cm³/mol. The first-order valence-corrected chi connectivity index (χ1v) is 21.0. The van der Waals surface area contributed by atoms with Crippen molar-refractivity contribution in [3.05, 3.63) is 222 Å². The minimum atomic E-state index is -4.58. The largest absolute Gasteiger partial charge is 0.416 e. The molecule has 306 valence electrons. The number of rotatable bonds is 7. The van der Waals surface area contributed by atoms with Crippen molar-refractivity contribution in [3.8, 4) is 67.3 Å². The molecule has 10 rings (SSSR count). The van der Waals surface area contributed by atoms with Crippen LogP contribution in [0.3, 0.4) is 0 Å². The summed E-state index contributed by atoms with van der Waals surface area (Å²) in [5.41, 5.74) is 14.3. The maximum atomic E-state index is 14.6.